The molecule has 1 aromatic carbocycles. The predicted octanol–water partition coefficient (Wildman–Crippen LogP) is 4.19. The van der Waals surface area contributed by atoms with Crippen molar-refractivity contribution >= 4 is 23.2 Å². The van der Waals surface area contributed by atoms with E-state index in [1.54, 1.807) is 0 Å². The molecule has 7 heteroatoms. The van der Waals surface area contributed by atoms with E-state index in [4.69, 9.17) is 11.6 Å². The average Bonchev–Trinajstić information content (AvgIpc) is 2.30. The van der Waals surface area contributed by atoms with Gasteiger partial charge in [-0.1, -0.05) is 0 Å². The first-order valence-corrected chi connectivity index (χ1v) is 6.10. The topological polar surface area (TPSA) is 29.1 Å². The summed E-state index contributed by atoms with van der Waals surface area (Å²) >= 11 is 5.44. The van der Waals surface area contributed by atoms with Crippen LogP contribution < -0.4 is 5.32 Å². The molecule has 0 spiro atoms. The number of unbranched alkanes of at least 4 members (excludes halogenated alkanes) is 1. The predicted molar refractivity (Wildman–Crippen MR) is 64.6 cm³/mol. The molecular weight excluding hydrogens is 286 g/mol. The molecule has 0 atom stereocenters. The summed E-state index contributed by atoms with van der Waals surface area (Å²) in [5, 5.41) is 2.29. The Morgan fingerprint density at radius 1 is 1.26 bits per heavy atom. The van der Waals surface area contributed by atoms with Gasteiger partial charge in [0.1, 0.15) is 5.82 Å². The number of alkyl halides is 4. The first kappa shape index (κ1) is 15.8. The van der Waals surface area contributed by atoms with Crippen LogP contribution in [0.4, 0.5) is 23.2 Å². The van der Waals surface area contributed by atoms with Crippen LogP contribution in [-0.4, -0.2) is 11.8 Å². The summed E-state index contributed by atoms with van der Waals surface area (Å²) in [6, 6.07) is 2.34. The molecule has 106 valence electrons. The fraction of sp³-hybridized carbons (Fsp3) is 0.417. The van der Waals surface area contributed by atoms with Crippen molar-refractivity contribution in [1.29, 1.82) is 0 Å². The highest BCUT2D eigenvalue weighted by Gasteiger charge is 2.34. The summed E-state index contributed by atoms with van der Waals surface area (Å²) in [7, 11) is 0. The van der Waals surface area contributed by atoms with Gasteiger partial charge in [0, 0.05) is 18.0 Å². The minimum atomic E-state index is -4.79. The maximum atomic E-state index is 13.0. The molecule has 0 unspecified atom stereocenters. The first-order valence-electron chi connectivity index (χ1n) is 5.57. The largest absolute Gasteiger partial charge is 0.419 e. The Bertz CT molecular complexity index is 448. The van der Waals surface area contributed by atoms with E-state index in [9.17, 15) is 22.4 Å². The van der Waals surface area contributed by atoms with Gasteiger partial charge in [0.05, 0.1) is 5.56 Å². The van der Waals surface area contributed by atoms with Crippen LogP contribution >= 0.6 is 11.6 Å². The van der Waals surface area contributed by atoms with Crippen molar-refractivity contribution in [2.45, 2.75) is 25.4 Å². The third-order valence-corrected chi connectivity index (χ3v) is 2.61. The fourth-order valence-electron chi connectivity index (χ4n) is 1.42. The van der Waals surface area contributed by atoms with Gasteiger partial charge in [-0.15, -0.1) is 11.6 Å². The molecule has 0 radical (unpaired) electrons. The second-order valence-electron chi connectivity index (χ2n) is 3.89. The lowest BCUT2D eigenvalue weighted by atomic mass is 10.1. The molecule has 0 bridgehead atoms. The molecule has 0 aromatic heterocycles. The molecule has 1 N–H and O–H groups in total. The van der Waals surface area contributed by atoms with Crippen molar-refractivity contribution in [3.05, 3.63) is 29.6 Å². The summed E-state index contributed by atoms with van der Waals surface area (Å²) in [6.07, 6.45) is -3.44. The number of rotatable bonds is 5. The third-order valence-electron chi connectivity index (χ3n) is 2.34. The Hall–Kier alpha value is -1.30. The van der Waals surface area contributed by atoms with Crippen molar-refractivity contribution in [3.8, 4) is 0 Å². The zero-order valence-electron chi connectivity index (χ0n) is 9.86. The molecule has 1 aromatic rings. The van der Waals surface area contributed by atoms with Gasteiger partial charge >= 0.3 is 6.18 Å². The fourth-order valence-corrected chi connectivity index (χ4v) is 1.61. The number of amides is 1. The van der Waals surface area contributed by atoms with Gasteiger partial charge in [-0.2, -0.15) is 13.2 Å². The normalized spacial score (nSPS) is 11.4. The van der Waals surface area contributed by atoms with Crippen molar-refractivity contribution in [3.63, 3.8) is 0 Å². The summed E-state index contributed by atoms with van der Waals surface area (Å²) in [5.74, 6) is -1.38. The second-order valence-corrected chi connectivity index (χ2v) is 4.26. The highest BCUT2D eigenvalue weighted by Crippen LogP contribution is 2.32. The van der Waals surface area contributed by atoms with Gasteiger partial charge < -0.3 is 5.32 Å². The van der Waals surface area contributed by atoms with Crippen molar-refractivity contribution in [2.75, 3.05) is 11.2 Å². The van der Waals surface area contributed by atoms with Gasteiger partial charge in [-0.05, 0) is 31.0 Å². The maximum absolute atomic E-state index is 13.0. The number of halogens is 5. The standard InChI is InChI=1S/C12H12ClF4NO/c13-6-2-1-3-11(19)18-8-4-5-10(14)9(7-8)12(15,16)17/h4-5,7H,1-3,6H2,(H,18,19). The lowest BCUT2D eigenvalue weighted by Crippen LogP contribution is -2.13. The summed E-state index contributed by atoms with van der Waals surface area (Å²) in [6.45, 7) is 0. The van der Waals surface area contributed by atoms with Gasteiger partial charge in [0.25, 0.3) is 0 Å². The van der Waals surface area contributed by atoms with E-state index in [1.165, 1.54) is 0 Å². The zero-order chi connectivity index (χ0) is 14.5. The van der Waals surface area contributed by atoms with E-state index in [0.29, 0.717) is 30.9 Å². The highest BCUT2D eigenvalue weighted by molar-refractivity contribution is 6.17. The number of anilines is 1. The SMILES string of the molecule is O=C(CCCCCl)Nc1ccc(F)c(C(F)(F)F)c1. The molecule has 0 aliphatic heterocycles. The Morgan fingerprint density at radius 3 is 2.53 bits per heavy atom. The van der Waals surface area contributed by atoms with Crippen LogP contribution in [-0.2, 0) is 11.0 Å². The van der Waals surface area contributed by atoms with Crippen LogP contribution in [0.3, 0.4) is 0 Å². The maximum Gasteiger partial charge on any atom is 0.419 e. The molecule has 1 amide bonds. The Kier molecular flexibility index (Phi) is 5.60. The molecule has 19 heavy (non-hydrogen) atoms. The van der Waals surface area contributed by atoms with E-state index in [1.807, 2.05) is 0 Å². The van der Waals surface area contributed by atoms with Gasteiger partial charge in [-0.3, -0.25) is 4.79 Å². The number of hydrogen-bond donors (Lipinski definition) is 1. The van der Waals surface area contributed by atoms with Gasteiger partial charge in [-0.25, -0.2) is 4.39 Å². The van der Waals surface area contributed by atoms with Gasteiger partial charge in [0.2, 0.25) is 5.91 Å². The molecular formula is C12H12ClF4NO. The van der Waals surface area contributed by atoms with Crippen molar-refractivity contribution in [2.24, 2.45) is 0 Å². The Labute approximate surface area is 112 Å². The highest BCUT2D eigenvalue weighted by atomic mass is 35.5. The van der Waals surface area contributed by atoms with Crippen LogP contribution in [0, 0.1) is 5.82 Å². The number of carbonyl (C=O) groups excluding carboxylic acids is 1. The molecule has 0 aliphatic carbocycles. The lowest BCUT2D eigenvalue weighted by Gasteiger charge is -2.11. The number of nitrogens with one attached hydrogen (secondary N) is 1. The monoisotopic (exact) mass is 297 g/mol. The van der Waals surface area contributed by atoms with Crippen LogP contribution in [0.2, 0.25) is 0 Å². The second kappa shape index (κ2) is 6.75. The van der Waals surface area contributed by atoms with Crippen molar-refractivity contribution < 1.29 is 22.4 Å². The number of carbonyl (C=O) groups is 1. The molecule has 2 nitrogen and oxygen atoms in total. The van der Waals surface area contributed by atoms with Gasteiger partial charge in [0.15, 0.2) is 0 Å². The lowest BCUT2D eigenvalue weighted by molar-refractivity contribution is -0.140. The first-order chi connectivity index (χ1) is 8.84. The smallest absolute Gasteiger partial charge is 0.326 e. The minimum absolute atomic E-state index is 0.0791. The molecule has 0 saturated carbocycles. The van der Waals surface area contributed by atoms with E-state index in [2.05, 4.69) is 5.32 Å². The summed E-state index contributed by atoms with van der Waals surface area (Å²) in [5.41, 5.74) is -1.48. The minimum Gasteiger partial charge on any atom is -0.326 e. The number of benzene rings is 1. The molecule has 0 heterocycles. The summed E-state index contributed by atoms with van der Waals surface area (Å²) in [4.78, 5) is 11.4. The average molecular weight is 298 g/mol. The van der Waals surface area contributed by atoms with Crippen molar-refractivity contribution in [1.82, 2.24) is 0 Å². The third kappa shape index (κ3) is 5.06. The van der Waals surface area contributed by atoms with E-state index >= 15 is 0 Å². The number of hydrogen-bond acceptors (Lipinski definition) is 1. The Balaban J connectivity index is 2.72. The molecule has 0 fully saturated rings. The molecule has 1 rings (SSSR count). The zero-order valence-corrected chi connectivity index (χ0v) is 10.6. The van der Waals surface area contributed by atoms with Crippen LogP contribution in [0.15, 0.2) is 18.2 Å². The van der Waals surface area contributed by atoms with E-state index < -0.39 is 23.5 Å². The summed E-state index contributed by atoms with van der Waals surface area (Å²) < 4.78 is 50.3. The quantitative estimate of drug-likeness (QED) is 0.493. The Morgan fingerprint density at radius 2 is 1.95 bits per heavy atom. The van der Waals surface area contributed by atoms with E-state index in [-0.39, 0.29) is 12.1 Å². The molecule has 0 saturated heterocycles. The van der Waals surface area contributed by atoms with Crippen LogP contribution in [0.25, 0.3) is 0 Å². The van der Waals surface area contributed by atoms with E-state index in [0.717, 1.165) is 6.07 Å². The van der Waals surface area contributed by atoms with Crippen LogP contribution in [0.5, 0.6) is 0 Å². The van der Waals surface area contributed by atoms with Crippen LogP contribution in [0.1, 0.15) is 24.8 Å². The molecule has 0 aliphatic rings.